The third kappa shape index (κ3) is 2.06. The molecule has 1 aliphatic rings. The molecule has 0 fully saturated rings. The molecule has 1 atom stereocenters. The molecule has 20 heavy (non-hydrogen) atoms. The lowest BCUT2D eigenvalue weighted by molar-refractivity contribution is 0.490. The predicted molar refractivity (Wildman–Crippen MR) is 79.9 cm³/mol. The zero-order valence-corrected chi connectivity index (χ0v) is 11.2. The molecular weight excluding hydrogens is 255 g/mol. The first kappa shape index (κ1) is 12.7. The lowest BCUT2D eigenvalue weighted by atomic mass is 10.1. The number of nitrogens with two attached hydrogens (primary N) is 2. The first-order valence-electron chi connectivity index (χ1n) is 6.43. The number of nitrogens with one attached hydrogen (secondary N) is 1. The van der Waals surface area contributed by atoms with Crippen molar-refractivity contribution in [3.8, 4) is 0 Å². The van der Waals surface area contributed by atoms with Gasteiger partial charge in [-0.3, -0.25) is 5.73 Å². The summed E-state index contributed by atoms with van der Waals surface area (Å²) in [5, 5.41) is 3.27. The summed E-state index contributed by atoms with van der Waals surface area (Å²) in [6.07, 6.45) is 0.482. The Morgan fingerprint density at radius 2 is 2.05 bits per heavy atom. The summed E-state index contributed by atoms with van der Waals surface area (Å²) in [7, 11) is 1.91. The molecule has 0 saturated heterocycles. The van der Waals surface area contributed by atoms with Gasteiger partial charge in [-0.1, -0.05) is 12.1 Å². The van der Waals surface area contributed by atoms with Gasteiger partial charge in [0.2, 0.25) is 0 Å². The minimum absolute atomic E-state index is 0.256. The second-order valence-electron chi connectivity index (χ2n) is 5.19. The van der Waals surface area contributed by atoms with Gasteiger partial charge in [-0.15, -0.1) is 0 Å². The Bertz CT molecular complexity index is 658. The van der Waals surface area contributed by atoms with Crippen molar-refractivity contribution in [2.45, 2.75) is 12.2 Å². The Morgan fingerprint density at radius 1 is 1.25 bits per heavy atom. The van der Waals surface area contributed by atoms with Crippen LogP contribution in [0, 0.1) is 5.82 Å². The molecule has 2 aromatic rings. The molecule has 0 amide bonds. The third-order valence-corrected chi connectivity index (χ3v) is 3.69. The molecule has 1 unspecified atom stereocenters. The number of rotatable bonds is 2. The van der Waals surface area contributed by atoms with Crippen LogP contribution < -0.4 is 21.7 Å². The van der Waals surface area contributed by atoms with Gasteiger partial charge in [-0.25, -0.2) is 4.39 Å². The average molecular weight is 272 g/mol. The van der Waals surface area contributed by atoms with Crippen molar-refractivity contribution >= 4 is 17.1 Å². The van der Waals surface area contributed by atoms with Crippen LogP contribution in [0.2, 0.25) is 0 Å². The normalized spacial score (nSPS) is 20.6. The Hall–Kier alpha value is -2.27. The SMILES string of the molecule is CN1c2ccc(N)cc2NC1(N)Cc1cccc(F)c1. The molecule has 104 valence electrons. The Labute approximate surface area is 117 Å². The number of halogens is 1. The van der Waals surface area contributed by atoms with E-state index in [9.17, 15) is 4.39 Å². The fourth-order valence-corrected chi connectivity index (χ4v) is 2.60. The van der Waals surface area contributed by atoms with Gasteiger partial charge in [0, 0.05) is 19.2 Å². The van der Waals surface area contributed by atoms with E-state index in [0.29, 0.717) is 12.1 Å². The van der Waals surface area contributed by atoms with E-state index in [1.54, 1.807) is 6.07 Å². The van der Waals surface area contributed by atoms with Crippen molar-refractivity contribution in [2.75, 3.05) is 23.0 Å². The average Bonchev–Trinajstić information content (AvgIpc) is 2.60. The number of likely N-dealkylation sites (N-methyl/N-ethyl adjacent to an activating group) is 1. The number of anilines is 3. The van der Waals surface area contributed by atoms with Crippen molar-refractivity contribution in [1.29, 1.82) is 0 Å². The molecule has 0 saturated carbocycles. The number of benzene rings is 2. The minimum Gasteiger partial charge on any atom is -0.399 e. The molecule has 3 rings (SSSR count). The van der Waals surface area contributed by atoms with Crippen LogP contribution in [-0.2, 0) is 6.42 Å². The van der Waals surface area contributed by atoms with Crippen LogP contribution in [-0.4, -0.2) is 12.8 Å². The predicted octanol–water partition coefficient (Wildman–Crippen LogP) is 2.12. The first-order chi connectivity index (χ1) is 9.48. The highest BCUT2D eigenvalue weighted by molar-refractivity contribution is 5.80. The molecule has 2 aromatic carbocycles. The quantitative estimate of drug-likeness (QED) is 0.733. The van der Waals surface area contributed by atoms with E-state index in [4.69, 9.17) is 11.5 Å². The molecule has 4 nitrogen and oxygen atoms in total. The number of fused-ring (bicyclic) bond motifs is 1. The first-order valence-corrected chi connectivity index (χ1v) is 6.43. The van der Waals surface area contributed by atoms with Crippen LogP contribution >= 0.6 is 0 Å². The van der Waals surface area contributed by atoms with Crippen LogP contribution in [0.4, 0.5) is 21.5 Å². The summed E-state index contributed by atoms with van der Waals surface area (Å²) in [4.78, 5) is 1.95. The number of hydrogen-bond acceptors (Lipinski definition) is 4. The van der Waals surface area contributed by atoms with E-state index < -0.39 is 5.79 Å². The summed E-state index contributed by atoms with van der Waals surface area (Å²) < 4.78 is 13.3. The van der Waals surface area contributed by atoms with E-state index in [1.165, 1.54) is 12.1 Å². The number of nitrogen functional groups attached to an aromatic ring is 1. The maximum atomic E-state index is 13.3. The largest absolute Gasteiger partial charge is 0.399 e. The van der Waals surface area contributed by atoms with E-state index in [0.717, 1.165) is 16.9 Å². The fourth-order valence-electron chi connectivity index (χ4n) is 2.60. The lowest BCUT2D eigenvalue weighted by Gasteiger charge is -2.34. The van der Waals surface area contributed by atoms with Crippen molar-refractivity contribution in [1.82, 2.24) is 0 Å². The molecule has 1 heterocycles. The van der Waals surface area contributed by atoms with E-state index in [2.05, 4.69) is 5.32 Å². The highest BCUT2D eigenvalue weighted by atomic mass is 19.1. The molecule has 0 spiro atoms. The summed E-state index contributed by atoms with van der Waals surface area (Å²) in [6.45, 7) is 0. The van der Waals surface area contributed by atoms with Crippen molar-refractivity contribution < 1.29 is 4.39 Å². The highest BCUT2D eigenvalue weighted by Crippen LogP contribution is 2.38. The molecule has 0 radical (unpaired) electrons. The van der Waals surface area contributed by atoms with E-state index in [-0.39, 0.29) is 5.82 Å². The highest BCUT2D eigenvalue weighted by Gasteiger charge is 2.37. The Morgan fingerprint density at radius 3 is 2.80 bits per heavy atom. The van der Waals surface area contributed by atoms with Crippen LogP contribution in [0.1, 0.15) is 5.56 Å². The standard InChI is InChI=1S/C15H17FN4/c1-20-14-6-5-12(17)8-13(14)19-15(20,18)9-10-3-2-4-11(16)7-10/h2-8,19H,9,17-18H2,1H3. The monoisotopic (exact) mass is 272 g/mol. The zero-order valence-electron chi connectivity index (χ0n) is 11.2. The van der Waals surface area contributed by atoms with E-state index in [1.807, 2.05) is 36.2 Å². The van der Waals surface area contributed by atoms with Gasteiger partial charge in [0.15, 0.2) is 5.79 Å². The summed E-state index contributed by atoms with van der Waals surface area (Å²) in [5.41, 5.74) is 15.6. The smallest absolute Gasteiger partial charge is 0.168 e. The topological polar surface area (TPSA) is 67.3 Å². The Kier molecular flexibility index (Phi) is 2.79. The molecule has 5 N–H and O–H groups in total. The van der Waals surface area contributed by atoms with Crippen LogP contribution in [0.15, 0.2) is 42.5 Å². The third-order valence-electron chi connectivity index (χ3n) is 3.69. The summed E-state index contributed by atoms with van der Waals surface area (Å²) in [5.74, 6) is -1.04. The van der Waals surface area contributed by atoms with Gasteiger partial charge >= 0.3 is 0 Å². The maximum Gasteiger partial charge on any atom is 0.168 e. The number of nitrogens with zero attached hydrogens (tertiary/aromatic N) is 1. The van der Waals surface area contributed by atoms with E-state index >= 15 is 0 Å². The van der Waals surface area contributed by atoms with Gasteiger partial charge in [0.05, 0.1) is 11.4 Å². The van der Waals surface area contributed by atoms with Crippen LogP contribution in [0.25, 0.3) is 0 Å². The molecule has 0 bridgehead atoms. The Balaban J connectivity index is 1.91. The van der Waals surface area contributed by atoms with Crippen LogP contribution in [0.5, 0.6) is 0 Å². The number of hydrogen-bond donors (Lipinski definition) is 3. The molecule has 0 aromatic heterocycles. The minimum atomic E-state index is -0.788. The van der Waals surface area contributed by atoms with Crippen LogP contribution in [0.3, 0.4) is 0 Å². The van der Waals surface area contributed by atoms with Crippen molar-refractivity contribution in [3.05, 3.63) is 53.8 Å². The zero-order chi connectivity index (χ0) is 14.3. The van der Waals surface area contributed by atoms with Crippen molar-refractivity contribution in [3.63, 3.8) is 0 Å². The second-order valence-corrected chi connectivity index (χ2v) is 5.19. The van der Waals surface area contributed by atoms with Gasteiger partial charge in [-0.05, 0) is 35.9 Å². The van der Waals surface area contributed by atoms with Gasteiger partial charge in [0.25, 0.3) is 0 Å². The summed E-state index contributed by atoms with van der Waals surface area (Å²) in [6, 6.07) is 12.1. The lowest BCUT2D eigenvalue weighted by Crippen LogP contribution is -2.58. The van der Waals surface area contributed by atoms with Gasteiger partial charge in [0.1, 0.15) is 5.82 Å². The summed E-state index contributed by atoms with van der Waals surface area (Å²) >= 11 is 0. The van der Waals surface area contributed by atoms with Crippen molar-refractivity contribution in [2.24, 2.45) is 5.73 Å². The van der Waals surface area contributed by atoms with Gasteiger partial charge in [-0.2, -0.15) is 0 Å². The van der Waals surface area contributed by atoms with Gasteiger partial charge < -0.3 is 16.0 Å². The maximum absolute atomic E-state index is 13.3. The fraction of sp³-hybridized carbons (Fsp3) is 0.200. The molecule has 1 aliphatic heterocycles. The molecular formula is C15H17FN4. The molecule has 0 aliphatic carbocycles. The second kappa shape index (κ2) is 4.38. The molecule has 5 heteroatoms.